The molecule has 0 fully saturated rings. The maximum atomic E-state index is 8.55. The summed E-state index contributed by atoms with van der Waals surface area (Å²) in [6.45, 7) is 2.25. The molecule has 1 heteroatoms. The Morgan fingerprint density at radius 1 is 0.846 bits per heavy atom. The molecule has 13 heavy (non-hydrogen) atoms. The zero-order valence-electron chi connectivity index (χ0n) is 8.81. The summed E-state index contributed by atoms with van der Waals surface area (Å²) in [6, 6.07) is 0. The molecule has 0 heterocycles. The third kappa shape index (κ3) is 11.5. The lowest BCUT2D eigenvalue weighted by atomic mass is 10.1. The van der Waals surface area contributed by atoms with E-state index in [2.05, 4.69) is 11.8 Å². The molecule has 1 nitrogen and oxygen atoms in total. The summed E-state index contributed by atoms with van der Waals surface area (Å²) in [7, 11) is 0. The first-order valence-corrected chi connectivity index (χ1v) is 5.42. The van der Waals surface area contributed by atoms with E-state index in [-0.39, 0.29) is 0 Å². The van der Waals surface area contributed by atoms with Gasteiger partial charge in [0.15, 0.2) is 0 Å². The van der Waals surface area contributed by atoms with Gasteiger partial charge in [-0.25, -0.2) is 0 Å². The largest absolute Gasteiger partial charge is 0.396 e. The van der Waals surface area contributed by atoms with Crippen LogP contribution in [0, 0.1) is 11.8 Å². The minimum absolute atomic E-state index is 0.353. The van der Waals surface area contributed by atoms with Crippen LogP contribution in [0.25, 0.3) is 0 Å². The zero-order valence-corrected chi connectivity index (χ0v) is 8.81. The van der Waals surface area contributed by atoms with E-state index in [1.807, 2.05) is 6.92 Å². The van der Waals surface area contributed by atoms with Crippen molar-refractivity contribution >= 4 is 0 Å². The maximum Gasteiger partial charge on any atom is 0.0431 e. The highest BCUT2D eigenvalue weighted by molar-refractivity contribution is 4.94. The normalized spacial score (nSPS) is 9.38. The standard InChI is InChI=1S/C12H22O/c1-2-3-4-5-6-7-8-9-10-11-12-13/h13H,4-12H2,1H3. The van der Waals surface area contributed by atoms with Gasteiger partial charge in [-0.15, -0.1) is 11.8 Å². The number of aliphatic hydroxyl groups is 1. The molecule has 0 bridgehead atoms. The second-order valence-electron chi connectivity index (χ2n) is 3.38. The molecule has 0 aliphatic heterocycles. The summed E-state index contributed by atoms with van der Waals surface area (Å²) in [4.78, 5) is 0. The van der Waals surface area contributed by atoms with Crippen LogP contribution < -0.4 is 0 Å². The fraction of sp³-hybridized carbons (Fsp3) is 0.833. The van der Waals surface area contributed by atoms with Crippen molar-refractivity contribution in [2.45, 2.75) is 58.3 Å². The molecule has 0 saturated carbocycles. The van der Waals surface area contributed by atoms with Crippen LogP contribution in [0.1, 0.15) is 58.3 Å². The Morgan fingerprint density at radius 3 is 1.92 bits per heavy atom. The molecule has 0 saturated heterocycles. The van der Waals surface area contributed by atoms with Crippen LogP contribution in [0.2, 0.25) is 0 Å². The minimum Gasteiger partial charge on any atom is -0.396 e. The van der Waals surface area contributed by atoms with Crippen LogP contribution >= 0.6 is 0 Å². The van der Waals surface area contributed by atoms with Crippen LogP contribution in [0.15, 0.2) is 0 Å². The Bertz CT molecular complexity index is 141. The lowest BCUT2D eigenvalue weighted by Gasteiger charge is -1.98. The Labute approximate surface area is 82.5 Å². The lowest BCUT2D eigenvalue weighted by Crippen LogP contribution is -1.83. The fourth-order valence-electron chi connectivity index (χ4n) is 1.33. The Morgan fingerprint density at radius 2 is 1.38 bits per heavy atom. The van der Waals surface area contributed by atoms with Crippen molar-refractivity contribution in [2.75, 3.05) is 6.61 Å². The van der Waals surface area contributed by atoms with Gasteiger partial charge in [0.2, 0.25) is 0 Å². The molecule has 1 N–H and O–H groups in total. The number of rotatable bonds is 8. The average molecular weight is 182 g/mol. The lowest BCUT2D eigenvalue weighted by molar-refractivity contribution is 0.282. The Kier molecular flexibility index (Phi) is 11.1. The molecule has 0 amide bonds. The van der Waals surface area contributed by atoms with Crippen molar-refractivity contribution in [1.82, 2.24) is 0 Å². The minimum atomic E-state index is 0.353. The van der Waals surface area contributed by atoms with Crippen LogP contribution in [0.4, 0.5) is 0 Å². The summed E-state index contributed by atoms with van der Waals surface area (Å²) >= 11 is 0. The van der Waals surface area contributed by atoms with Gasteiger partial charge in [0.25, 0.3) is 0 Å². The quantitative estimate of drug-likeness (QED) is 0.451. The van der Waals surface area contributed by atoms with Crippen LogP contribution in [-0.2, 0) is 0 Å². The van der Waals surface area contributed by atoms with E-state index < -0.39 is 0 Å². The Balaban J connectivity index is 2.86. The first kappa shape index (κ1) is 12.5. The van der Waals surface area contributed by atoms with Crippen molar-refractivity contribution in [3.63, 3.8) is 0 Å². The summed E-state index contributed by atoms with van der Waals surface area (Å²) in [5.74, 6) is 5.99. The molecule has 0 aromatic rings. The highest BCUT2D eigenvalue weighted by Crippen LogP contribution is 2.07. The van der Waals surface area contributed by atoms with Crippen molar-refractivity contribution in [1.29, 1.82) is 0 Å². The summed E-state index contributed by atoms with van der Waals surface area (Å²) in [6.07, 6.45) is 9.71. The topological polar surface area (TPSA) is 20.2 Å². The van der Waals surface area contributed by atoms with Gasteiger partial charge >= 0.3 is 0 Å². The van der Waals surface area contributed by atoms with E-state index in [1.165, 1.54) is 38.5 Å². The molecule has 0 radical (unpaired) electrons. The third-order valence-electron chi connectivity index (χ3n) is 2.14. The van der Waals surface area contributed by atoms with Crippen molar-refractivity contribution in [2.24, 2.45) is 0 Å². The van der Waals surface area contributed by atoms with E-state index in [1.54, 1.807) is 0 Å². The zero-order chi connectivity index (χ0) is 9.78. The molecule has 0 aromatic heterocycles. The van der Waals surface area contributed by atoms with Crippen LogP contribution in [0.5, 0.6) is 0 Å². The molecule has 0 aromatic carbocycles. The monoisotopic (exact) mass is 182 g/mol. The predicted molar refractivity (Wildman–Crippen MR) is 57.5 cm³/mol. The van der Waals surface area contributed by atoms with E-state index in [9.17, 15) is 0 Å². The fourth-order valence-corrected chi connectivity index (χ4v) is 1.33. The number of hydrogen-bond acceptors (Lipinski definition) is 1. The van der Waals surface area contributed by atoms with Gasteiger partial charge in [-0.05, 0) is 19.8 Å². The summed E-state index contributed by atoms with van der Waals surface area (Å²) in [5.41, 5.74) is 0. The van der Waals surface area contributed by atoms with E-state index in [4.69, 9.17) is 5.11 Å². The van der Waals surface area contributed by atoms with Gasteiger partial charge < -0.3 is 5.11 Å². The molecule has 0 atom stereocenters. The first-order chi connectivity index (χ1) is 6.41. The maximum absolute atomic E-state index is 8.55. The van der Waals surface area contributed by atoms with Gasteiger partial charge in [0.1, 0.15) is 0 Å². The molecule has 0 unspecified atom stereocenters. The molecular formula is C12H22O. The third-order valence-corrected chi connectivity index (χ3v) is 2.14. The van der Waals surface area contributed by atoms with E-state index in [0.717, 1.165) is 12.8 Å². The molecule has 0 rings (SSSR count). The van der Waals surface area contributed by atoms with Crippen molar-refractivity contribution in [3.8, 4) is 11.8 Å². The molecule has 76 valence electrons. The van der Waals surface area contributed by atoms with Crippen LogP contribution in [0.3, 0.4) is 0 Å². The van der Waals surface area contributed by atoms with Crippen LogP contribution in [-0.4, -0.2) is 11.7 Å². The van der Waals surface area contributed by atoms with Crippen molar-refractivity contribution in [3.05, 3.63) is 0 Å². The number of aliphatic hydroxyl groups excluding tert-OH is 1. The van der Waals surface area contributed by atoms with Gasteiger partial charge in [0.05, 0.1) is 0 Å². The first-order valence-electron chi connectivity index (χ1n) is 5.42. The molecule has 0 aliphatic rings. The molecular weight excluding hydrogens is 160 g/mol. The smallest absolute Gasteiger partial charge is 0.0431 e. The molecule has 0 spiro atoms. The SMILES string of the molecule is CC#CCCCCCCCCCO. The van der Waals surface area contributed by atoms with Gasteiger partial charge in [0, 0.05) is 13.0 Å². The van der Waals surface area contributed by atoms with Gasteiger partial charge in [-0.1, -0.05) is 32.1 Å². The summed E-state index contributed by atoms with van der Waals surface area (Å²) < 4.78 is 0. The van der Waals surface area contributed by atoms with Gasteiger partial charge in [-0.2, -0.15) is 0 Å². The van der Waals surface area contributed by atoms with Crippen molar-refractivity contribution < 1.29 is 5.11 Å². The number of unbranched alkanes of at least 4 members (excludes halogenated alkanes) is 7. The number of hydrogen-bond donors (Lipinski definition) is 1. The van der Waals surface area contributed by atoms with E-state index in [0.29, 0.717) is 6.61 Å². The summed E-state index contributed by atoms with van der Waals surface area (Å²) in [5, 5.41) is 8.55. The predicted octanol–water partition coefficient (Wildman–Crippen LogP) is 3.12. The molecule has 0 aliphatic carbocycles. The second kappa shape index (κ2) is 11.5. The van der Waals surface area contributed by atoms with E-state index >= 15 is 0 Å². The van der Waals surface area contributed by atoms with Gasteiger partial charge in [-0.3, -0.25) is 0 Å². The average Bonchev–Trinajstić information content (AvgIpc) is 2.16. The Hall–Kier alpha value is -0.480. The second-order valence-corrected chi connectivity index (χ2v) is 3.38. The highest BCUT2D eigenvalue weighted by Gasteiger charge is 1.90. The highest BCUT2D eigenvalue weighted by atomic mass is 16.2.